The number of nitro benzene ring substituents is 1. The lowest BCUT2D eigenvalue weighted by molar-refractivity contribution is -0.384. The van der Waals surface area contributed by atoms with Gasteiger partial charge in [-0.2, -0.15) is 5.10 Å². The molecular weight excluding hydrogens is 348 g/mol. The maximum absolute atomic E-state index is 12.0. The molecule has 1 N–H and O–H groups in total. The van der Waals surface area contributed by atoms with E-state index in [9.17, 15) is 19.7 Å². The molecule has 0 saturated carbocycles. The molecule has 0 aromatic heterocycles. The Kier molecular flexibility index (Phi) is 4.98. The van der Waals surface area contributed by atoms with Gasteiger partial charge in [-0.25, -0.2) is 5.01 Å². The van der Waals surface area contributed by atoms with Gasteiger partial charge in [-0.1, -0.05) is 24.3 Å². The van der Waals surface area contributed by atoms with Crippen LogP contribution < -0.4 is 5.32 Å². The van der Waals surface area contributed by atoms with Crippen molar-refractivity contribution in [2.75, 3.05) is 5.32 Å². The maximum atomic E-state index is 12.0. The van der Waals surface area contributed by atoms with Crippen LogP contribution in [0.3, 0.4) is 0 Å². The fourth-order valence-electron chi connectivity index (χ4n) is 3.00. The highest BCUT2D eigenvalue weighted by Crippen LogP contribution is 2.33. The average molecular weight is 366 g/mol. The third kappa shape index (κ3) is 4.00. The molecule has 0 spiro atoms. The van der Waals surface area contributed by atoms with Crippen LogP contribution in [0.1, 0.15) is 37.4 Å². The second-order valence-corrected chi connectivity index (χ2v) is 6.24. The van der Waals surface area contributed by atoms with E-state index in [1.807, 2.05) is 12.1 Å². The van der Waals surface area contributed by atoms with E-state index >= 15 is 0 Å². The van der Waals surface area contributed by atoms with Crippen molar-refractivity contribution in [2.24, 2.45) is 5.10 Å². The number of nitro groups is 1. The van der Waals surface area contributed by atoms with Gasteiger partial charge < -0.3 is 5.32 Å². The van der Waals surface area contributed by atoms with Gasteiger partial charge >= 0.3 is 0 Å². The highest BCUT2D eigenvalue weighted by molar-refractivity contribution is 6.03. The Labute approximate surface area is 155 Å². The van der Waals surface area contributed by atoms with Crippen molar-refractivity contribution in [3.8, 4) is 0 Å². The highest BCUT2D eigenvalue weighted by Gasteiger charge is 2.31. The summed E-state index contributed by atoms with van der Waals surface area (Å²) in [5.74, 6) is -0.356. The van der Waals surface area contributed by atoms with E-state index in [-0.39, 0.29) is 23.5 Å². The molecule has 2 amide bonds. The summed E-state index contributed by atoms with van der Waals surface area (Å²) in [4.78, 5) is 33.5. The van der Waals surface area contributed by atoms with Gasteiger partial charge in [0.25, 0.3) is 5.69 Å². The first-order valence-electron chi connectivity index (χ1n) is 8.35. The van der Waals surface area contributed by atoms with E-state index in [1.165, 1.54) is 31.0 Å². The number of hydrogen-bond donors (Lipinski definition) is 1. The summed E-state index contributed by atoms with van der Waals surface area (Å²) in [6, 6.07) is 13.1. The van der Waals surface area contributed by atoms with Crippen molar-refractivity contribution in [2.45, 2.75) is 26.3 Å². The van der Waals surface area contributed by atoms with Gasteiger partial charge in [-0.3, -0.25) is 19.7 Å². The van der Waals surface area contributed by atoms with E-state index in [0.29, 0.717) is 12.1 Å². The molecule has 2 aromatic rings. The van der Waals surface area contributed by atoms with Crippen molar-refractivity contribution in [1.82, 2.24) is 5.01 Å². The van der Waals surface area contributed by atoms with Crippen molar-refractivity contribution < 1.29 is 14.5 Å². The number of nitrogens with zero attached hydrogens (tertiary/aromatic N) is 3. The monoisotopic (exact) mass is 366 g/mol. The standard InChI is InChI=1S/C19H18N4O4/c1-12(24)20-16-7-3-14(4-8-16)18-11-19(22(21-18)13(2)25)15-5-9-17(10-6-15)23(26)27/h3-10,19H,11H2,1-2H3,(H,20,24). The lowest BCUT2D eigenvalue weighted by Gasteiger charge is -2.20. The third-order valence-electron chi connectivity index (χ3n) is 4.26. The molecule has 0 saturated heterocycles. The molecule has 1 atom stereocenters. The number of anilines is 1. The number of hydrogen-bond acceptors (Lipinski definition) is 5. The van der Waals surface area contributed by atoms with Crippen molar-refractivity contribution in [1.29, 1.82) is 0 Å². The molecule has 0 bridgehead atoms. The number of carbonyl (C=O) groups is 2. The molecule has 27 heavy (non-hydrogen) atoms. The van der Waals surface area contributed by atoms with E-state index in [0.717, 1.165) is 16.8 Å². The van der Waals surface area contributed by atoms with E-state index in [1.54, 1.807) is 24.3 Å². The molecule has 138 valence electrons. The number of non-ortho nitro benzene ring substituents is 1. The fourth-order valence-corrected chi connectivity index (χ4v) is 3.00. The van der Waals surface area contributed by atoms with Gasteiger partial charge in [0.05, 0.1) is 16.7 Å². The molecular formula is C19H18N4O4. The molecule has 1 heterocycles. The highest BCUT2D eigenvalue weighted by atomic mass is 16.6. The van der Waals surface area contributed by atoms with Gasteiger partial charge in [0.15, 0.2) is 0 Å². The Morgan fingerprint density at radius 2 is 1.74 bits per heavy atom. The first-order chi connectivity index (χ1) is 12.8. The molecule has 2 aromatic carbocycles. The smallest absolute Gasteiger partial charge is 0.269 e. The predicted molar refractivity (Wildman–Crippen MR) is 100 cm³/mol. The Morgan fingerprint density at radius 1 is 1.11 bits per heavy atom. The van der Waals surface area contributed by atoms with Gasteiger partial charge in [0, 0.05) is 38.1 Å². The number of carbonyl (C=O) groups excluding carboxylic acids is 2. The Balaban J connectivity index is 1.84. The number of amides is 2. The summed E-state index contributed by atoms with van der Waals surface area (Å²) in [7, 11) is 0. The summed E-state index contributed by atoms with van der Waals surface area (Å²) in [5, 5.41) is 19.4. The Bertz CT molecular complexity index is 920. The molecule has 1 aliphatic heterocycles. The number of nitrogens with one attached hydrogen (secondary N) is 1. The quantitative estimate of drug-likeness (QED) is 0.662. The summed E-state index contributed by atoms with van der Waals surface area (Å²) in [5.41, 5.74) is 3.05. The zero-order valence-electron chi connectivity index (χ0n) is 14.9. The first-order valence-corrected chi connectivity index (χ1v) is 8.35. The minimum absolute atomic E-state index is 0.000763. The lowest BCUT2D eigenvalue weighted by atomic mass is 9.98. The molecule has 0 aliphatic carbocycles. The predicted octanol–water partition coefficient (Wildman–Crippen LogP) is 3.25. The topological polar surface area (TPSA) is 105 Å². The van der Waals surface area contributed by atoms with Crippen LogP contribution in [0.2, 0.25) is 0 Å². The van der Waals surface area contributed by atoms with Crippen LogP contribution in [0.5, 0.6) is 0 Å². The Morgan fingerprint density at radius 3 is 2.26 bits per heavy atom. The average Bonchev–Trinajstić information content (AvgIpc) is 3.07. The molecule has 0 fully saturated rings. The number of benzene rings is 2. The SMILES string of the molecule is CC(=O)Nc1ccc(C2=NN(C(C)=O)C(c3ccc([N+](=O)[O-])cc3)C2)cc1. The van der Waals surface area contributed by atoms with Crippen molar-refractivity contribution in [3.05, 3.63) is 69.8 Å². The molecule has 8 heteroatoms. The number of rotatable bonds is 4. The summed E-state index contributed by atoms with van der Waals surface area (Å²) < 4.78 is 0. The minimum Gasteiger partial charge on any atom is -0.326 e. The van der Waals surface area contributed by atoms with Crippen molar-refractivity contribution in [3.63, 3.8) is 0 Å². The second kappa shape index (κ2) is 7.36. The third-order valence-corrected chi connectivity index (χ3v) is 4.26. The fraction of sp³-hybridized carbons (Fsp3) is 0.211. The minimum atomic E-state index is -0.459. The first kappa shape index (κ1) is 18.2. The van der Waals surface area contributed by atoms with Crippen LogP contribution >= 0.6 is 0 Å². The summed E-state index contributed by atoms with van der Waals surface area (Å²) in [6.07, 6.45) is 0.497. The van der Waals surface area contributed by atoms with Crippen LogP contribution in [-0.2, 0) is 9.59 Å². The maximum Gasteiger partial charge on any atom is 0.269 e. The van der Waals surface area contributed by atoms with Crippen LogP contribution in [0.25, 0.3) is 0 Å². The second-order valence-electron chi connectivity index (χ2n) is 6.24. The Hall–Kier alpha value is -3.55. The molecule has 0 radical (unpaired) electrons. The van der Waals surface area contributed by atoms with E-state index in [4.69, 9.17) is 0 Å². The van der Waals surface area contributed by atoms with Gasteiger partial charge in [0.1, 0.15) is 0 Å². The van der Waals surface area contributed by atoms with Crippen LogP contribution in [0.15, 0.2) is 53.6 Å². The van der Waals surface area contributed by atoms with E-state index < -0.39 is 4.92 Å². The zero-order chi connectivity index (χ0) is 19.6. The lowest BCUT2D eigenvalue weighted by Crippen LogP contribution is -2.24. The molecule has 1 unspecified atom stereocenters. The van der Waals surface area contributed by atoms with Crippen molar-refractivity contribution >= 4 is 28.9 Å². The largest absolute Gasteiger partial charge is 0.326 e. The molecule has 8 nitrogen and oxygen atoms in total. The summed E-state index contributed by atoms with van der Waals surface area (Å²) in [6.45, 7) is 2.87. The van der Waals surface area contributed by atoms with Gasteiger partial charge in [-0.15, -0.1) is 0 Å². The summed E-state index contributed by atoms with van der Waals surface area (Å²) >= 11 is 0. The van der Waals surface area contributed by atoms with Crippen LogP contribution in [0.4, 0.5) is 11.4 Å². The van der Waals surface area contributed by atoms with Crippen LogP contribution in [0, 0.1) is 10.1 Å². The normalized spacial score (nSPS) is 16.0. The van der Waals surface area contributed by atoms with Crippen LogP contribution in [-0.4, -0.2) is 27.5 Å². The molecule has 1 aliphatic rings. The molecule has 3 rings (SSSR count). The van der Waals surface area contributed by atoms with Gasteiger partial charge in [0.2, 0.25) is 11.8 Å². The van der Waals surface area contributed by atoms with E-state index in [2.05, 4.69) is 10.4 Å². The van der Waals surface area contributed by atoms with Gasteiger partial charge in [-0.05, 0) is 23.3 Å². The number of hydrazone groups is 1. The zero-order valence-corrected chi connectivity index (χ0v) is 14.9.